The molecule has 1 N–H and O–H groups in total. The lowest BCUT2D eigenvalue weighted by Crippen LogP contribution is -2.48. The van der Waals surface area contributed by atoms with Crippen molar-refractivity contribution in [1.29, 1.82) is 5.26 Å². The van der Waals surface area contributed by atoms with E-state index in [4.69, 9.17) is 4.42 Å². The number of amides is 1. The van der Waals surface area contributed by atoms with Gasteiger partial charge in [-0.25, -0.2) is 13.8 Å². The fourth-order valence-corrected chi connectivity index (χ4v) is 5.26. The second-order valence-corrected chi connectivity index (χ2v) is 9.67. The normalized spacial score (nSPS) is 19.2. The number of nitrogens with zero attached hydrogens (tertiary/aromatic N) is 4. The number of hydrogen-bond donors (Lipinski definition) is 1. The monoisotopic (exact) mass is 505 g/mol. The van der Waals surface area contributed by atoms with E-state index in [9.17, 15) is 18.8 Å². The van der Waals surface area contributed by atoms with Crippen LogP contribution in [0.25, 0.3) is 0 Å². The minimum Gasteiger partial charge on any atom is -0.447 e. The zero-order valence-electron chi connectivity index (χ0n) is 20.4. The van der Waals surface area contributed by atoms with Gasteiger partial charge in [0.25, 0.3) is 0 Å². The summed E-state index contributed by atoms with van der Waals surface area (Å²) < 4.78 is 32.5. The average molecular weight is 506 g/mol. The van der Waals surface area contributed by atoms with Crippen LogP contribution in [-0.2, 0) is 4.79 Å². The van der Waals surface area contributed by atoms with E-state index in [0.717, 1.165) is 24.3 Å². The SMILES string of the molecule is N#Cc1cc(NC(=O)C2CCC(F)(F)CC2)ccc1N1CCN(C(c2ccccc2)c2ncco2)CC1. The Kier molecular flexibility index (Phi) is 7.19. The molecule has 2 aromatic carbocycles. The summed E-state index contributed by atoms with van der Waals surface area (Å²) in [4.78, 5) is 21.5. The lowest BCUT2D eigenvalue weighted by atomic mass is 9.86. The molecule has 9 heteroatoms. The minimum absolute atomic E-state index is 0.0916. The highest BCUT2D eigenvalue weighted by molar-refractivity contribution is 5.93. The maximum atomic E-state index is 13.4. The van der Waals surface area contributed by atoms with Crippen molar-refractivity contribution in [3.05, 3.63) is 78.0 Å². The fraction of sp³-hybridized carbons (Fsp3) is 0.393. The van der Waals surface area contributed by atoms with Gasteiger partial charge in [-0.2, -0.15) is 5.26 Å². The number of piperazine rings is 1. The van der Waals surface area contributed by atoms with E-state index in [1.807, 2.05) is 24.3 Å². The van der Waals surface area contributed by atoms with Crippen molar-refractivity contribution in [2.24, 2.45) is 5.92 Å². The van der Waals surface area contributed by atoms with Crippen molar-refractivity contribution in [2.75, 3.05) is 36.4 Å². The average Bonchev–Trinajstić information content (AvgIpc) is 3.44. The van der Waals surface area contributed by atoms with Crippen LogP contribution in [0.5, 0.6) is 0 Å². The molecule has 192 valence electrons. The molecule has 2 fully saturated rings. The Bertz CT molecular complexity index is 1240. The zero-order chi connectivity index (χ0) is 25.8. The van der Waals surface area contributed by atoms with Crippen molar-refractivity contribution < 1.29 is 18.0 Å². The first-order valence-corrected chi connectivity index (χ1v) is 12.6. The fourth-order valence-electron chi connectivity index (χ4n) is 5.26. The molecular weight excluding hydrogens is 476 g/mol. The number of oxazole rings is 1. The van der Waals surface area contributed by atoms with Crippen LogP contribution in [0.1, 0.15) is 48.7 Å². The standard InChI is InChI=1S/C28H29F2N5O2/c29-28(30)10-8-21(9-11-28)26(36)33-23-6-7-24(22(18-23)19-31)34-13-15-35(16-14-34)25(27-32-12-17-37-27)20-4-2-1-3-5-20/h1-7,12,17-18,21,25H,8-11,13-16H2,(H,33,36). The van der Waals surface area contributed by atoms with Gasteiger partial charge in [-0.15, -0.1) is 0 Å². The summed E-state index contributed by atoms with van der Waals surface area (Å²) in [5.74, 6) is -2.72. The molecule has 1 aliphatic carbocycles. The van der Waals surface area contributed by atoms with Crippen LogP contribution >= 0.6 is 0 Å². The number of aromatic nitrogens is 1. The summed E-state index contributed by atoms with van der Waals surface area (Å²) in [5, 5.41) is 12.6. The van der Waals surface area contributed by atoms with Gasteiger partial charge in [0.2, 0.25) is 17.7 Å². The van der Waals surface area contributed by atoms with Crippen molar-refractivity contribution in [2.45, 2.75) is 37.6 Å². The van der Waals surface area contributed by atoms with Gasteiger partial charge < -0.3 is 14.6 Å². The molecular formula is C28H29F2N5O2. The molecule has 1 atom stereocenters. The molecule has 1 aromatic heterocycles. The molecule has 1 amide bonds. The van der Waals surface area contributed by atoms with Gasteiger partial charge in [-0.3, -0.25) is 9.69 Å². The Balaban J connectivity index is 1.25. The van der Waals surface area contributed by atoms with Gasteiger partial charge in [-0.1, -0.05) is 30.3 Å². The number of benzene rings is 2. The Labute approximate surface area is 214 Å². The van der Waals surface area contributed by atoms with E-state index in [-0.39, 0.29) is 37.6 Å². The molecule has 3 aromatic rings. The largest absolute Gasteiger partial charge is 0.447 e. The number of anilines is 2. The maximum absolute atomic E-state index is 13.4. The Morgan fingerprint density at radius 3 is 2.49 bits per heavy atom. The Morgan fingerprint density at radius 2 is 1.84 bits per heavy atom. The van der Waals surface area contributed by atoms with E-state index in [1.165, 1.54) is 0 Å². The molecule has 1 saturated heterocycles. The number of carbonyl (C=O) groups excluding carboxylic acids is 1. The Hall–Kier alpha value is -3.77. The molecule has 2 aliphatic rings. The van der Waals surface area contributed by atoms with E-state index in [0.29, 0.717) is 30.2 Å². The van der Waals surface area contributed by atoms with Crippen molar-refractivity contribution >= 4 is 17.3 Å². The molecule has 0 spiro atoms. The summed E-state index contributed by atoms with van der Waals surface area (Å²) in [6.45, 7) is 2.91. The van der Waals surface area contributed by atoms with Gasteiger partial charge in [0.15, 0.2) is 0 Å². The van der Waals surface area contributed by atoms with Crippen LogP contribution in [0, 0.1) is 17.2 Å². The van der Waals surface area contributed by atoms with Crippen LogP contribution < -0.4 is 10.2 Å². The summed E-state index contributed by atoms with van der Waals surface area (Å²) in [6, 6.07) is 17.6. The van der Waals surface area contributed by atoms with Crippen LogP contribution in [0.2, 0.25) is 0 Å². The van der Waals surface area contributed by atoms with Crippen LogP contribution in [0.15, 0.2) is 65.4 Å². The van der Waals surface area contributed by atoms with Gasteiger partial charge in [-0.05, 0) is 36.6 Å². The molecule has 5 rings (SSSR count). The molecule has 1 aliphatic heterocycles. The second-order valence-electron chi connectivity index (χ2n) is 9.67. The molecule has 2 heterocycles. The van der Waals surface area contributed by atoms with E-state index in [2.05, 4.69) is 38.3 Å². The van der Waals surface area contributed by atoms with E-state index < -0.39 is 11.8 Å². The molecule has 1 saturated carbocycles. The second kappa shape index (κ2) is 10.7. The summed E-state index contributed by atoms with van der Waals surface area (Å²) in [7, 11) is 0. The lowest BCUT2D eigenvalue weighted by molar-refractivity contribution is -0.124. The lowest BCUT2D eigenvalue weighted by Gasteiger charge is -2.39. The Morgan fingerprint density at radius 1 is 1.11 bits per heavy atom. The number of nitrogens with one attached hydrogen (secondary N) is 1. The number of alkyl halides is 2. The first-order chi connectivity index (χ1) is 17.9. The van der Waals surface area contributed by atoms with Gasteiger partial charge >= 0.3 is 0 Å². The number of rotatable bonds is 6. The van der Waals surface area contributed by atoms with Crippen LogP contribution in [0.3, 0.4) is 0 Å². The van der Waals surface area contributed by atoms with Crippen LogP contribution in [0.4, 0.5) is 20.2 Å². The quantitative estimate of drug-likeness (QED) is 0.494. The van der Waals surface area contributed by atoms with E-state index >= 15 is 0 Å². The first-order valence-electron chi connectivity index (χ1n) is 12.6. The zero-order valence-corrected chi connectivity index (χ0v) is 20.4. The highest BCUT2D eigenvalue weighted by Crippen LogP contribution is 2.37. The molecule has 0 radical (unpaired) electrons. The molecule has 0 bridgehead atoms. The number of hydrogen-bond acceptors (Lipinski definition) is 6. The minimum atomic E-state index is -2.67. The summed E-state index contributed by atoms with van der Waals surface area (Å²) in [6.07, 6.45) is 3.06. The topological polar surface area (TPSA) is 85.4 Å². The van der Waals surface area contributed by atoms with Gasteiger partial charge in [0.1, 0.15) is 18.4 Å². The number of nitriles is 1. The smallest absolute Gasteiger partial charge is 0.248 e. The highest BCUT2D eigenvalue weighted by atomic mass is 19.3. The van der Waals surface area contributed by atoms with Gasteiger partial charge in [0.05, 0.1) is 17.4 Å². The molecule has 1 unspecified atom stereocenters. The number of carbonyl (C=O) groups is 1. The van der Waals surface area contributed by atoms with Gasteiger partial charge in [0, 0.05) is 50.6 Å². The predicted molar refractivity (Wildman–Crippen MR) is 135 cm³/mol. The van der Waals surface area contributed by atoms with Crippen molar-refractivity contribution in [3.8, 4) is 6.07 Å². The molecule has 37 heavy (non-hydrogen) atoms. The highest BCUT2D eigenvalue weighted by Gasteiger charge is 2.37. The molecule has 7 nitrogen and oxygen atoms in total. The number of halogens is 2. The summed E-state index contributed by atoms with van der Waals surface area (Å²) >= 11 is 0. The van der Waals surface area contributed by atoms with E-state index in [1.54, 1.807) is 24.6 Å². The van der Waals surface area contributed by atoms with Crippen LogP contribution in [-0.4, -0.2) is 47.9 Å². The third-order valence-electron chi connectivity index (χ3n) is 7.29. The first kappa shape index (κ1) is 24.9. The predicted octanol–water partition coefficient (Wildman–Crippen LogP) is 5.22. The third kappa shape index (κ3) is 5.65. The third-order valence-corrected chi connectivity index (χ3v) is 7.29. The van der Waals surface area contributed by atoms with Crippen molar-refractivity contribution in [1.82, 2.24) is 9.88 Å². The van der Waals surface area contributed by atoms with Crippen molar-refractivity contribution in [3.63, 3.8) is 0 Å². The maximum Gasteiger partial charge on any atom is 0.248 e. The summed E-state index contributed by atoms with van der Waals surface area (Å²) in [5.41, 5.74) is 2.89.